The SMILES string of the molecule is CC(C)n1cc([C@@]2(O)CCN(c3ccnc4ccccc34)C2)nn1. The Kier molecular flexibility index (Phi) is 3.49. The van der Waals surface area contributed by atoms with Gasteiger partial charge in [0.2, 0.25) is 0 Å². The predicted molar refractivity (Wildman–Crippen MR) is 92.9 cm³/mol. The van der Waals surface area contributed by atoms with E-state index in [0.29, 0.717) is 18.7 Å². The van der Waals surface area contributed by atoms with Gasteiger partial charge in [0, 0.05) is 36.3 Å². The van der Waals surface area contributed by atoms with Crippen LogP contribution in [-0.4, -0.2) is 38.2 Å². The molecule has 0 amide bonds. The Balaban J connectivity index is 1.65. The van der Waals surface area contributed by atoms with Crippen molar-refractivity contribution < 1.29 is 5.11 Å². The van der Waals surface area contributed by atoms with E-state index < -0.39 is 5.60 Å². The predicted octanol–water partition coefficient (Wildman–Crippen LogP) is 2.51. The Morgan fingerprint density at radius 2 is 2.04 bits per heavy atom. The first-order chi connectivity index (χ1) is 11.6. The smallest absolute Gasteiger partial charge is 0.129 e. The molecule has 1 fully saturated rings. The summed E-state index contributed by atoms with van der Waals surface area (Å²) in [5.41, 5.74) is 1.76. The molecule has 3 aromatic rings. The minimum Gasteiger partial charge on any atom is -0.381 e. The van der Waals surface area contributed by atoms with Crippen LogP contribution in [0.2, 0.25) is 0 Å². The quantitative estimate of drug-likeness (QED) is 0.802. The molecule has 6 nitrogen and oxygen atoms in total. The molecule has 0 saturated carbocycles. The van der Waals surface area contributed by atoms with Crippen molar-refractivity contribution in [2.45, 2.75) is 31.9 Å². The summed E-state index contributed by atoms with van der Waals surface area (Å²) >= 11 is 0. The summed E-state index contributed by atoms with van der Waals surface area (Å²) in [6, 6.07) is 10.3. The van der Waals surface area contributed by atoms with Crippen LogP contribution in [-0.2, 0) is 5.60 Å². The lowest BCUT2D eigenvalue weighted by Crippen LogP contribution is -2.31. The molecule has 0 bridgehead atoms. The van der Waals surface area contributed by atoms with Gasteiger partial charge in [-0.15, -0.1) is 5.10 Å². The maximum absolute atomic E-state index is 11.1. The normalized spacial score (nSPS) is 21.1. The first-order valence-corrected chi connectivity index (χ1v) is 8.30. The van der Waals surface area contributed by atoms with E-state index in [1.807, 2.05) is 50.5 Å². The molecule has 0 aliphatic carbocycles. The molecule has 0 unspecified atom stereocenters. The molecule has 2 aromatic heterocycles. The van der Waals surface area contributed by atoms with Gasteiger partial charge in [-0.25, -0.2) is 4.68 Å². The second-order valence-corrected chi connectivity index (χ2v) is 6.73. The van der Waals surface area contributed by atoms with Gasteiger partial charge < -0.3 is 10.0 Å². The summed E-state index contributed by atoms with van der Waals surface area (Å²) in [5.74, 6) is 0. The summed E-state index contributed by atoms with van der Waals surface area (Å²) in [4.78, 5) is 6.62. The fourth-order valence-electron chi connectivity index (χ4n) is 3.31. The molecule has 124 valence electrons. The third-order valence-electron chi connectivity index (χ3n) is 4.73. The molecular weight excluding hydrogens is 302 g/mol. The Morgan fingerprint density at radius 3 is 2.83 bits per heavy atom. The van der Waals surface area contributed by atoms with E-state index in [1.165, 1.54) is 0 Å². The number of hydrogen-bond acceptors (Lipinski definition) is 5. The van der Waals surface area contributed by atoms with Gasteiger partial charge in [0.05, 0.1) is 18.3 Å². The average molecular weight is 323 g/mol. The second-order valence-electron chi connectivity index (χ2n) is 6.73. The van der Waals surface area contributed by atoms with E-state index in [4.69, 9.17) is 0 Å². The van der Waals surface area contributed by atoms with E-state index in [2.05, 4.69) is 26.3 Å². The maximum Gasteiger partial charge on any atom is 0.129 e. The number of benzene rings is 1. The zero-order chi connectivity index (χ0) is 16.7. The van der Waals surface area contributed by atoms with Crippen molar-refractivity contribution in [1.82, 2.24) is 20.0 Å². The van der Waals surface area contributed by atoms with Crippen molar-refractivity contribution in [1.29, 1.82) is 0 Å². The summed E-state index contributed by atoms with van der Waals surface area (Å²) in [5, 5.41) is 20.5. The highest BCUT2D eigenvalue weighted by molar-refractivity contribution is 5.91. The van der Waals surface area contributed by atoms with E-state index in [-0.39, 0.29) is 6.04 Å². The standard InChI is InChI=1S/C18H21N5O/c1-13(2)23-11-17(20-21-23)18(24)8-10-22(12-18)16-7-9-19-15-6-4-3-5-14(15)16/h3-7,9,11,13,24H,8,10,12H2,1-2H3/t18-/m1/s1. The lowest BCUT2D eigenvalue weighted by molar-refractivity contribution is 0.0559. The van der Waals surface area contributed by atoms with Crippen LogP contribution in [0.15, 0.2) is 42.7 Å². The molecule has 1 aliphatic heterocycles. The molecular formula is C18H21N5O. The Bertz CT molecular complexity index is 869. The number of pyridine rings is 1. The molecule has 24 heavy (non-hydrogen) atoms. The van der Waals surface area contributed by atoms with Gasteiger partial charge in [0.1, 0.15) is 11.3 Å². The molecule has 4 rings (SSSR count). The van der Waals surface area contributed by atoms with Crippen molar-refractivity contribution in [2.24, 2.45) is 0 Å². The Morgan fingerprint density at radius 1 is 1.21 bits per heavy atom. The molecule has 0 spiro atoms. The zero-order valence-electron chi connectivity index (χ0n) is 13.9. The number of anilines is 1. The lowest BCUT2D eigenvalue weighted by atomic mass is 10.00. The largest absolute Gasteiger partial charge is 0.381 e. The third-order valence-corrected chi connectivity index (χ3v) is 4.73. The summed E-state index contributed by atoms with van der Waals surface area (Å²) in [7, 11) is 0. The van der Waals surface area contributed by atoms with Gasteiger partial charge in [0.25, 0.3) is 0 Å². The average Bonchev–Trinajstić information content (AvgIpc) is 3.22. The topological polar surface area (TPSA) is 67.1 Å². The number of β-amino-alcohol motifs (C(OH)–C–C–N with tert-alkyl or cyclic N) is 1. The number of aromatic nitrogens is 4. The fraction of sp³-hybridized carbons (Fsp3) is 0.389. The van der Waals surface area contributed by atoms with Crippen LogP contribution in [0, 0.1) is 0 Å². The first-order valence-electron chi connectivity index (χ1n) is 8.30. The molecule has 0 radical (unpaired) electrons. The van der Waals surface area contributed by atoms with Gasteiger partial charge >= 0.3 is 0 Å². The van der Waals surface area contributed by atoms with Crippen LogP contribution in [0.3, 0.4) is 0 Å². The van der Waals surface area contributed by atoms with Crippen LogP contribution in [0.5, 0.6) is 0 Å². The molecule has 1 aromatic carbocycles. The monoisotopic (exact) mass is 323 g/mol. The van der Waals surface area contributed by atoms with Gasteiger partial charge in [0.15, 0.2) is 0 Å². The van der Waals surface area contributed by atoms with Gasteiger partial charge in [-0.1, -0.05) is 23.4 Å². The highest BCUT2D eigenvalue weighted by Crippen LogP contribution is 2.36. The molecule has 6 heteroatoms. The number of rotatable bonds is 3. The van der Waals surface area contributed by atoms with E-state index in [9.17, 15) is 5.11 Å². The number of fused-ring (bicyclic) bond motifs is 1. The summed E-state index contributed by atoms with van der Waals surface area (Å²) in [6.07, 6.45) is 4.32. The van der Waals surface area contributed by atoms with Crippen molar-refractivity contribution in [3.8, 4) is 0 Å². The number of aliphatic hydroxyl groups is 1. The third kappa shape index (κ3) is 2.43. The van der Waals surface area contributed by atoms with Gasteiger partial charge in [-0.2, -0.15) is 0 Å². The molecule has 3 heterocycles. The Labute approximate surface area is 140 Å². The highest BCUT2D eigenvalue weighted by Gasteiger charge is 2.40. The van der Waals surface area contributed by atoms with Crippen LogP contribution < -0.4 is 4.90 Å². The maximum atomic E-state index is 11.1. The van der Waals surface area contributed by atoms with Crippen molar-refractivity contribution in [3.63, 3.8) is 0 Å². The molecule has 1 atom stereocenters. The van der Waals surface area contributed by atoms with Crippen molar-refractivity contribution >= 4 is 16.6 Å². The van der Waals surface area contributed by atoms with Crippen LogP contribution in [0.1, 0.15) is 32.0 Å². The van der Waals surface area contributed by atoms with Gasteiger partial charge in [-0.05, 0) is 26.0 Å². The van der Waals surface area contributed by atoms with E-state index >= 15 is 0 Å². The fourth-order valence-corrected chi connectivity index (χ4v) is 3.31. The van der Waals surface area contributed by atoms with E-state index in [1.54, 1.807) is 4.68 Å². The number of para-hydroxylation sites is 1. The Hall–Kier alpha value is -2.47. The molecule has 1 N–H and O–H groups in total. The highest BCUT2D eigenvalue weighted by atomic mass is 16.3. The van der Waals surface area contributed by atoms with Crippen LogP contribution in [0.4, 0.5) is 5.69 Å². The minimum absolute atomic E-state index is 0.233. The van der Waals surface area contributed by atoms with Gasteiger partial charge in [-0.3, -0.25) is 4.98 Å². The number of hydrogen-bond donors (Lipinski definition) is 1. The van der Waals surface area contributed by atoms with E-state index in [0.717, 1.165) is 23.1 Å². The molecule has 1 saturated heterocycles. The van der Waals surface area contributed by atoms with Crippen LogP contribution in [0.25, 0.3) is 10.9 Å². The molecule has 1 aliphatic rings. The first kappa shape index (κ1) is 15.1. The lowest BCUT2D eigenvalue weighted by Gasteiger charge is -2.23. The summed E-state index contributed by atoms with van der Waals surface area (Å²) in [6.45, 7) is 5.38. The minimum atomic E-state index is -0.961. The zero-order valence-corrected chi connectivity index (χ0v) is 13.9. The second kappa shape index (κ2) is 5.56. The summed E-state index contributed by atoms with van der Waals surface area (Å²) < 4.78 is 1.79. The van der Waals surface area contributed by atoms with Crippen molar-refractivity contribution in [2.75, 3.05) is 18.0 Å². The van der Waals surface area contributed by atoms with Crippen molar-refractivity contribution in [3.05, 3.63) is 48.4 Å². The van der Waals surface area contributed by atoms with Crippen LogP contribution >= 0.6 is 0 Å². The number of nitrogens with zero attached hydrogens (tertiary/aromatic N) is 5.